The molecule has 0 bridgehead atoms. The average Bonchev–Trinajstić information content (AvgIpc) is 2.75. The van der Waals surface area contributed by atoms with Crippen molar-refractivity contribution >= 4 is 55.9 Å². The molecule has 3 rings (SSSR count). The third-order valence-corrected chi connectivity index (χ3v) is 6.91. The fourth-order valence-electron chi connectivity index (χ4n) is 3.08. The first-order valence-corrected chi connectivity index (χ1v) is 12.1. The van der Waals surface area contributed by atoms with Gasteiger partial charge in [-0.3, -0.25) is 4.72 Å². The Balaban J connectivity index is 1.81. The van der Waals surface area contributed by atoms with Gasteiger partial charge < -0.3 is 15.5 Å². The average molecular weight is 583 g/mol. The van der Waals surface area contributed by atoms with E-state index in [0.29, 0.717) is 10.1 Å². The molecule has 0 atom stereocenters. The van der Waals surface area contributed by atoms with Crippen molar-refractivity contribution in [2.24, 2.45) is 0 Å². The van der Waals surface area contributed by atoms with Gasteiger partial charge >= 0.3 is 16.2 Å². The Morgan fingerprint density at radius 1 is 1.03 bits per heavy atom. The van der Waals surface area contributed by atoms with Crippen LogP contribution in [-0.4, -0.2) is 56.4 Å². The van der Waals surface area contributed by atoms with E-state index in [1.807, 2.05) is 22.6 Å². The van der Waals surface area contributed by atoms with Gasteiger partial charge in [0.15, 0.2) is 11.6 Å². The Labute approximate surface area is 197 Å². The number of anilines is 3. The Morgan fingerprint density at radius 3 is 2.31 bits per heavy atom. The third kappa shape index (κ3) is 5.56. The van der Waals surface area contributed by atoms with Gasteiger partial charge in [-0.1, -0.05) is 0 Å². The number of nitrogens with zero attached hydrogens (tertiary/aromatic N) is 2. The highest BCUT2D eigenvalue weighted by molar-refractivity contribution is 14.1. The largest absolute Gasteiger partial charge is 0.349 e. The maximum atomic E-state index is 14.5. The zero-order valence-corrected chi connectivity index (χ0v) is 19.9. The summed E-state index contributed by atoms with van der Waals surface area (Å²) in [5.41, 5.74) is -0.978. The number of benzene rings is 2. The molecule has 0 spiro atoms. The zero-order valence-electron chi connectivity index (χ0n) is 17.0. The summed E-state index contributed by atoms with van der Waals surface area (Å²) in [5.74, 6) is -3.29. The van der Waals surface area contributed by atoms with Gasteiger partial charge in [0.1, 0.15) is 11.5 Å². The molecule has 1 aliphatic heterocycles. The number of carbonyl (C=O) groups excluding carboxylic acids is 1. The van der Waals surface area contributed by atoms with E-state index in [-0.39, 0.29) is 43.6 Å². The van der Waals surface area contributed by atoms with Crippen LogP contribution in [0.15, 0.2) is 30.3 Å². The summed E-state index contributed by atoms with van der Waals surface area (Å²) in [6.45, 7) is 2.60. The monoisotopic (exact) mass is 583 g/mol. The fourth-order valence-corrected chi connectivity index (χ4v) is 4.76. The van der Waals surface area contributed by atoms with Crippen LogP contribution in [-0.2, 0) is 10.2 Å². The number of nitrogens with one attached hydrogen (secondary N) is 3. The highest BCUT2D eigenvalue weighted by Gasteiger charge is 2.30. The maximum Gasteiger partial charge on any atom is 0.317 e. The quantitative estimate of drug-likeness (QED) is 0.455. The van der Waals surface area contributed by atoms with Crippen molar-refractivity contribution < 1.29 is 26.4 Å². The van der Waals surface area contributed by atoms with Crippen LogP contribution in [0.1, 0.15) is 6.92 Å². The smallest absolute Gasteiger partial charge is 0.317 e. The minimum Gasteiger partial charge on any atom is -0.349 e. The van der Waals surface area contributed by atoms with Crippen LogP contribution in [0, 0.1) is 21.0 Å². The highest BCUT2D eigenvalue weighted by Crippen LogP contribution is 2.32. The van der Waals surface area contributed by atoms with Crippen molar-refractivity contribution in [3.8, 4) is 0 Å². The van der Waals surface area contributed by atoms with Crippen LogP contribution in [0.5, 0.6) is 0 Å². The van der Waals surface area contributed by atoms with E-state index < -0.39 is 33.3 Å². The lowest BCUT2D eigenvalue weighted by atomic mass is 10.2. The molecule has 1 aliphatic rings. The predicted molar refractivity (Wildman–Crippen MR) is 124 cm³/mol. The van der Waals surface area contributed by atoms with Crippen molar-refractivity contribution in [3.63, 3.8) is 0 Å². The lowest BCUT2D eigenvalue weighted by Gasteiger charge is -2.34. The SMILES string of the molecule is CCNC(=O)N1CCN(S(=O)(=O)Nc2ccc(F)c(F)c2Nc2ccc(I)cc2F)CC1. The number of hydrogen-bond donors (Lipinski definition) is 3. The molecule has 0 aromatic heterocycles. The molecule has 174 valence electrons. The first-order valence-electron chi connectivity index (χ1n) is 9.63. The molecule has 0 saturated carbocycles. The van der Waals surface area contributed by atoms with E-state index in [9.17, 15) is 26.4 Å². The molecule has 8 nitrogen and oxygen atoms in total. The molecule has 2 aromatic carbocycles. The lowest BCUT2D eigenvalue weighted by Crippen LogP contribution is -2.54. The first kappa shape index (κ1) is 24.4. The molecule has 13 heteroatoms. The number of hydrogen-bond acceptors (Lipinski definition) is 4. The van der Waals surface area contributed by atoms with Gasteiger partial charge in [0.2, 0.25) is 0 Å². The minimum absolute atomic E-state index is 0.0185. The highest BCUT2D eigenvalue weighted by atomic mass is 127. The van der Waals surface area contributed by atoms with Crippen molar-refractivity contribution in [2.75, 3.05) is 42.8 Å². The molecule has 0 radical (unpaired) electrons. The molecular formula is C19H21F3IN5O3S. The molecule has 1 fully saturated rings. The van der Waals surface area contributed by atoms with E-state index in [2.05, 4.69) is 15.4 Å². The van der Waals surface area contributed by atoms with Crippen molar-refractivity contribution in [2.45, 2.75) is 6.92 Å². The number of urea groups is 1. The van der Waals surface area contributed by atoms with Crippen LogP contribution in [0.3, 0.4) is 0 Å². The molecular weight excluding hydrogens is 562 g/mol. The second kappa shape index (κ2) is 10.1. The molecule has 3 N–H and O–H groups in total. The Morgan fingerprint density at radius 2 is 1.69 bits per heavy atom. The van der Waals surface area contributed by atoms with Crippen LogP contribution >= 0.6 is 22.6 Å². The summed E-state index contributed by atoms with van der Waals surface area (Å²) in [6.07, 6.45) is 0. The van der Waals surface area contributed by atoms with Crippen LogP contribution in [0.4, 0.5) is 35.0 Å². The standard InChI is InChI=1S/C19H21F3IN5O3S/c1-2-24-19(29)27-7-9-28(10-8-27)32(30,31)26-16-6-4-13(20)17(22)18(16)25-15-5-3-12(23)11-14(15)21/h3-6,11,25-26H,2,7-10H2,1H3,(H,24,29). The second-order valence-electron chi connectivity index (χ2n) is 6.86. The Bertz CT molecular complexity index is 1110. The van der Waals surface area contributed by atoms with E-state index in [0.717, 1.165) is 16.4 Å². The normalized spacial score (nSPS) is 14.8. The molecule has 0 unspecified atom stereocenters. The number of halogens is 4. The van der Waals surface area contributed by atoms with Gasteiger partial charge in [-0.25, -0.2) is 18.0 Å². The third-order valence-electron chi connectivity index (χ3n) is 4.72. The second-order valence-corrected chi connectivity index (χ2v) is 9.78. The number of piperazine rings is 1. The van der Waals surface area contributed by atoms with Crippen LogP contribution in [0.2, 0.25) is 0 Å². The zero-order chi connectivity index (χ0) is 23.5. The molecule has 32 heavy (non-hydrogen) atoms. The number of rotatable bonds is 6. The molecule has 2 aromatic rings. The van der Waals surface area contributed by atoms with E-state index >= 15 is 0 Å². The van der Waals surface area contributed by atoms with Gasteiger partial charge in [-0.2, -0.15) is 12.7 Å². The summed E-state index contributed by atoms with van der Waals surface area (Å²) in [7, 11) is -4.16. The van der Waals surface area contributed by atoms with Gasteiger partial charge in [0, 0.05) is 36.3 Å². The molecule has 0 aliphatic carbocycles. The topological polar surface area (TPSA) is 93.8 Å². The van der Waals surface area contributed by atoms with Crippen molar-refractivity contribution in [1.82, 2.24) is 14.5 Å². The summed E-state index contributed by atoms with van der Waals surface area (Å²) >= 11 is 1.90. The Kier molecular flexibility index (Phi) is 7.71. The maximum absolute atomic E-state index is 14.5. The Hall–Kier alpha value is -2.26. The van der Waals surface area contributed by atoms with Crippen LogP contribution in [0.25, 0.3) is 0 Å². The van der Waals surface area contributed by atoms with E-state index in [1.165, 1.54) is 17.0 Å². The van der Waals surface area contributed by atoms with E-state index in [4.69, 9.17) is 0 Å². The lowest BCUT2D eigenvalue weighted by molar-refractivity contribution is 0.173. The van der Waals surface area contributed by atoms with Crippen molar-refractivity contribution in [1.29, 1.82) is 0 Å². The number of amides is 2. The van der Waals surface area contributed by atoms with Crippen LogP contribution < -0.4 is 15.4 Å². The summed E-state index contributed by atoms with van der Waals surface area (Å²) in [5, 5.41) is 5.08. The van der Waals surface area contributed by atoms with Gasteiger partial charge in [0.05, 0.1) is 11.4 Å². The summed E-state index contributed by atoms with van der Waals surface area (Å²) in [6, 6.07) is 5.62. The predicted octanol–water partition coefficient (Wildman–Crippen LogP) is 3.46. The summed E-state index contributed by atoms with van der Waals surface area (Å²) in [4.78, 5) is 13.4. The molecule has 2 amide bonds. The first-order chi connectivity index (χ1) is 15.1. The van der Waals surface area contributed by atoms with E-state index in [1.54, 1.807) is 13.0 Å². The van der Waals surface area contributed by atoms with Gasteiger partial charge in [-0.15, -0.1) is 0 Å². The van der Waals surface area contributed by atoms with Crippen molar-refractivity contribution in [3.05, 3.63) is 51.4 Å². The number of carbonyl (C=O) groups is 1. The van der Waals surface area contributed by atoms with Gasteiger partial charge in [0.25, 0.3) is 0 Å². The summed E-state index contributed by atoms with van der Waals surface area (Å²) < 4.78 is 72.2. The minimum atomic E-state index is -4.16. The van der Waals surface area contributed by atoms with Gasteiger partial charge in [-0.05, 0) is 59.8 Å². The molecule has 1 saturated heterocycles. The molecule has 1 heterocycles. The fraction of sp³-hybridized carbons (Fsp3) is 0.316.